The van der Waals surface area contributed by atoms with Crippen LogP contribution in [-0.2, 0) is 9.53 Å². The molecule has 0 aliphatic heterocycles. The average Bonchev–Trinajstić information content (AvgIpc) is 2.64. The summed E-state index contributed by atoms with van der Waals surface area (Å²) in [5, 5.41) is 0.877. The van der Waals surface area contributed by atoms with Crippen molar-refractivity contribution in [1.82, 2.24) is 9.55 Å². The predicted octanol–water partition coefficient (Wildman–Crippen LogP) is 3.48. The van der Waals surface area contributed by atoms with Crippen LogP contribution in [0.3, 0.4) is 0 Å². The molecule has 3 rings (SSSR count). The minimum atomic E-state index is -0.765. The second-order valence-corrected chi connectivity index (χ2v) is 6.34. The Morgan fingerprint density at radius 2 is 1.96 bits per heavy atom. The van der Waals surface area contributed by atoms with Crippen molar-refractivity contribution in [1.29, 1.82) is 0 Å². The lowest BCUT2D eigenvalue weighted by Gasteiger charge is -2.22. The molecule has 1 aromatic carbocycles. The molecule has 0 amide bonds. The van der Waals surface area contributed by atoms with Gasteiger partial charge in [0.1, 0.15) is 6.04 Å². The molecule has 0 aliphatic rings. The number of ether oxygens (including phenoxy) is 1. The highest BCUT2D eigenvalue weighted by Gasteiger charge is 2.26. The second-order valence-electron chi connectivity index (χ2n) is 5.42. The minimum absolute atomic E-state index is 0.135. The monoisotopic (exact) mass is 398 g/mol. The molecule has 0 bridgehead atoms. The normalized spacial score (nSPS) is 11.9. The summed E-state index contributed by atoms with van der Waals surface area (Å²) in [6, 6.07) is 13.5. The van der Waals surface area contributed by atoms with E-state index in [-0.39, 0.29) is 11.1 Å². The highest BCUT2D eigenvalue weighted by atomic mass is 79.9. The summed E-state index contributed by atoms with van der Waals surface area (Å²) in [7, 11) is 1.28. The van der Waals surface area contributed by atoms with Crippen LogP contribution < -0.4 is 5.56 Å². The first-order valence-corrected chi connectivity index (χ1v) is 8.31. The van der Waals surface area contributed by atoms with Crippen molar-refractivity contribution in [2.75, 3.05) is 7.11 Å². The number of rotatable bonds is 4. The molecular weight excluding hydrogens is 384 g/mol. The van der Waals surface area contributed by atoms with Gasteiger partial charge in [0, 0.05) is 16.7 Å². The third kappa shape index (κ3) is 3.25. The predicted molar refractivity (Wildman–Crippen MR) is 99.4 cm³/mol. The standard InChI is InChI=1S/C19H15BrN2O3/c1-12(19(24)25-2)18(15-9-8-14(20)11-21-15)22-16-6-4-3-5-13(16)7-10-17(22)23/h3-11,18H,1H2,2H3. The summed E-state index contributed by atoms with van der Waals surface area (Å²) < 4.78 is 7.13. The largest absolute Gasteiger partial charge is 0.466 e. The summed E-state index contributed by atoms with van der Waals surface area (Å²) in [5.41, 5.74) is 1.10. The Morgan fingerprint density at radius 3 is 2.64 bits per heavy atom. The number of esters is 1. The number of aromatic nitrogens is 2. The maximum Gasteiger partial charge on any atom is 0.335 e. The lowest BCUT2D eigenvalue weighted by Crippen LogP contribution is -2.29. The van der Waals surface area contributed by atoms with Crippen LogP contribution in [0.4, 0.5) is 0 Å². The Kier molecular flexibility index (Phi) is 4.81. The van der Waals surface area contributed by atoms with Crippen LogP contribution in [0.25, 0.3) is 10.9 Å². The van der Waals surface area contributed by atoms with Crippen LogP contribution in [0.1, 0.15) is 11.7 Å². The maximum absolute atomic E-state index is 12.7. The number of fused-ring (bicyclic) bond motifs is 1. The third-order valence-electron chi connectivity index (χ3n) is 3.91. The van der Waals surface area contributed by atoms with Crippen molar-refractivity contribution in [2.24, 2.45) is 0 Å². The van der Waals surface area contributed by atoms with E-state index in [1.807, 2.05) is 24.3 Å². The van der Waals surface area contributed by atoms with E-state index in [4.69, 9.17) is 4.74 Å². The molecule has 5 nitrogen and oxygen atoms in total. The summed E-state index contributed by atoms with van der Waals surface area (Å²) >= 11 is 3.34. The summed E-state index contributed by atoms with van der Waals surface area (Å²) in [5.74, 6) is -0.588. The van der Waals surface area contributed by atoms with Crippen LogP contribution in [0, 0.1) is 0 Å². The number of para-hydroxylation sites is 1. The van der Waals surface area contributed by atoms with Gasteiger partial charge >= 0.3 is 5.97 Å². The van der Waals surface area contributed by atoms with Gasteiger partial charge in [0.15, 0.2) is 0 Å². The fourth-order valence-corrected chi connectivity index (χ4v) is 2.97. The SMILES string of the molecule is C=C(C(=O)OC)C(c1ccc(Br)cn1)n1c(=O)ccc2ccccc21. The number of hydrogen-bond acceptors (Lipinski definition) is 4. The molecule has 126 valence electrons. The Morgan fingerprint density at radius 1 is 1.20 bits per heavy atom. The Bertz CT molecular complexity index is 1010. The first-order chi connectivity index (χ1) is 12.0. The number of methoxy groups -OCH3 is 1. The van der Waals surface area contributed by atoms with Gasteiger partial charge in [-0.1, -0.05) is 24.8 Å². The quantitative estimate of drug-likeness (QED) is 0.498. The van der Waals surface area contributed by atoms with Crippen LogP contribution >= 0.6 is 15.9 Å². The molecule has 0 aliphatic carbocycles. The van der Waals surface area contributed by atoms with Crippen LogP contribution in [0.5, 0.6) is 0 Å². The van der Waals surface area contributed by atoms with Gasteiger partial charge in [-0.25, -0.2) is 4.79 Å². The van der Waals surface area contributed by atoms with Gasteiger partial charge < -0.3 is 4.74 Å². The number of hydrogen-bond donors (Lipinski definition) is 0. The third-order valence-corrected chi connectivity index (χ3v) is 4.37. The van der Waals surface area contributed by atoms with Crippen molar-refractivity contribution in [3.05, 3.63) is 87.4 Å². The van der Waals surface area contributed by atoms with Gasteiger partial charge in [0.05, 0.1) is 23.9 Å². The molecule has 6 heteroatoms. The highest BCUT2D eigenvalue weighted by Crippen LogP contribution is 2.27. The lowest BCUT2D eigenvalue weighted by molar-refractivity contribution is -0.136. The van der Waals surface area contributed by atoms with E-state index < -0.39 is 12.0 Å². The van der Waals surface area contributed by atoms with Crippen LogP contribution in [0.2, 0.25) is 0 Å². The average molecular weight is 399 g/mol. The zero-order chi connectivity index (χ0) is 18.0. The molecule has 1 atom stereocenters. The summed E-state index contributed by atoms with van der Waals surface area (Å²) in [6.45, 7) is 3.86. The van der Waals surface area contributed by atoms with Crippen LogP contribution in [-0.4, -0.2) is 22.6 Å². The first kappa shape index (κ1) is 17.1. The fourth-order valence-electron chi connectivity index (χ4n) is 2.73. The van der Waals surface area contributed by atoms with Crippen molar-refractivity contribution >= 4 is 32.8 Å². The van der Waals surface area contributed by atoms with E-state index in [0.717, 1.165) is 9.86 Å². The number of carbonyl (C=O) groups is 1. The van der Waals surface area contributed by atoms with E-state index in [1.54, 1.807) is 24.4 Å². The van der Waals surface area contributed by atoms with E-state index in [0.29, 0.717) is 11.2 Å². The van der Waals surface area contributed by atoms with Crippen molar-refractivity contribution in [3.63, 3.8) is 0 Å². The number of nitrogens with zero attached hydrogens (tertiary/aromatic N) is 2. The number of carbonyl (C=O) groups excluding carboxylic acids is 1. The summed E-state index contributed by atoms with van der Waals surface area (Å²) in [6.07, 6.45) is 1.61. The van der Waals surface area contributed by atoms with E-state index in [9.17, 15) is 9.59 Å². The zero-order valence-electron chi connectivity index (χ0n) is 13.5. The van der Waals surface area contributed by atoms with Gasteiger partial charge in [0.25, 0.3) is 5.56 Å². The van der Waals surface area contributed by atoms with Gasteiger partial charge in [0.2, 0.25) is 0 Å². The Hall–Kier alpha value is -2.73. The molecule has 3 aromatic rings. The molecular formula is C19H15BrN2O3. The molecule has 0 fully saturated rings. The fraction of sp³-hybridized carbons (Fsp3) is 0.105. The van der Waals surface area contributed by atoms with E-state index in [1.165, 1.54) is 17.7 Å². The molecule has 0 radical (unpaired) electrons. The smallest absolute Gasteiger partial charge is 0.335 e. The first-order valence-electron chi connectivity index (χ1n) is 7.52. The molecule has 1 unspecified atom stereocenters. The lowest BCUT2D eigenvalue weighted by atomic mass is 10.0. The Labute approximate surface area is 152 Å². The highest BCUT2D eigenvalue weighted by molar-refractivity contribution is 9.10. The molecule has 0 spiro atoms. The van der Waals surface area contributed by atoms with Gasteiger partial charge in [-0.15, -0.1) is 0 Å². The summed E-state index contributed by atoms with van der Waals surface area (Å²) in [4.78, 5) is 29.2. The van der Waals surface area contributed by atoms with E-state index >= 15 is 0 Å². The van der Waals surface area contributed by atoms with Crippen molar-refractivity contribution < 1.29 is 9.53 Å². The molecule has 25 heavy (non-hydrogen) atoms. The van der Waals surface area contributed by atoms with Gasteiger partial charge in [-0.3, -0.25) is 14.3 Å². The van der Waals surface area contributed by atoms with Gasteiger partial charge in [-0.05, 0) is 45.6 Å². The number of pyridine rings is 2. The van der Waals surface area contributed by atoms with Crippen LogP contribution in [0.15, 0.2) is 76.1 Å². The second kappa shape index (κ2) is 7.03. The zero-order valence-corrected chi connectivity index (χ0v) is 15.1. The van der Waals surface area contributed by atoms with E-state index in [2.05, 4.69) is 27.5 Å². The van der Waals surface area contributed by atoms with Gasteiger partial charge in [-0.2, -0.15) is 0 Å². The number of benzene rings is 1. The topological polar surface area (TPSA) is 61.2 Å². The van der Waals surface area contributed by atoms with Crippen molar-refractivity contribution in [3.8, 4) is 0 Å². The molecule has 0 N–H and O–H groups in total. The molecule has 2 heterocycles. The molecule has 0 saturated carbocycles. The molecule has 0 saturated heterocycles. The maximum atomic E-state index is 12.7. The van der Waals surface area contributed by atoms with Crippen molar-refractivity contribution in [2.45, 2.75) is 6.04 Å². The number of halogens is 1. The molecule has 2 aromatic heterocycles. The minimum Gasteiger partial charge on any atom is -0.466 e. The Balaban J connectivity index is 2.30.